The van der Waals surface area contributed by atoms with E-state index in [9.17, 15) is 4.79 Å². The zero-order valence-electron chi connectivity index (χ0n) is 13.1. The molecule has 3 aromatic rings. The van der Waals surface area contributed by atoms with Gasteiger partial charge in [-0.3, -0.25) is 4.79 Å². The number of benzene rings is 1. The fourth-order valence-electron chi connectivity index (χ4n) is 3.40. The molecule has 1 fully saturated rings. The number of nitrogen functional groups attached to an aromatic ring is 1. The van der Waals surface area contributed by atoms with Crippen molar-refractivity contribution in [1.82, 2.24) is 24.8 Å². The van der Waals surface area contributed by atoms with Crippen molar-refractivity contribution >= 4 is 22.9 Å². The quantitative estimate of drug-likeness (QED) is 0.767. The summed E-state index contributed by atoms with van der Waals surface area (Å²) < 4.78 is 2.01. The van der Waals surface area contributed by atoms with E-state index in [0.29, 0.717) is 22.5 Å². The summed E-state index contributed by atoms with van der Waals surface area (Å²) in [4.78, 5) is 25.1. The molecule has 7 nitrogen and oxygen atoms in total. The number of hydrogen-bond donors (Lipinski definition) is 2. The summed E-state index contributed by atoms with van der Waals surface area (Å²) in [5, 5.41) is 3.15. The molecule has 7 heteroatoms. The zero-order chi connectivity index (χ0) is 16.5. The lowest BCUT2D eigenvalue weighted by Crippen LogP contribution is -2.38. The first-order valence-electron chi connectivity index (χ1n) is 8.03. The van der Waals surface area contributed by atoms with E-state index in [1.165, 1.54) is 6.33 Å². The molecule has 0 spiro atoms. The normalized spacial score (nSPS) is 20.3. The number of carbonyl (C=O) groups is 1. The molecule has 0 aliphatic heterocycles. The van der Waals surface area contributed by atoms with E-state index in [0.717, 1.165) is 19.3 Å². The molecule has 2 heterocycles. The highest BCUT2D eigenvalue weighted by Gasteiger charge is 2.31. The third-order valence-electron chi connectivity index (χ3n) is 4.58. The second kappa shape index (κ2) is 5.92. The summed E-state index contributed by atoms with van der Waals surface area (Å²) in [6, 6.07) is 9.44. The molecule has 3 N–H and O–H groups in total. The van der Waals surface area contributed by atoms with Gasteiger partial charge in [0.15, 0.2) is 11.5 Å². The molecule has 1 amide bonds. The van der Waals surface area contributed by atoms with Crippen LogP contribution in [0.15, 0.2) is 43.0 Å². The van der Waals surface area contributed by atoms with E-state index in [4.69, 9.17) is 5.73 Å². The molecule has 2 atom stereocenters. The second-order valence-electron chi connectivity index (χ2n) is 6.03. The molecule has 2 aromatic heterocycles. The molecule has 4 rings (SSSR count). The molecule has 24 heavy (non-hydrogen) atoms. The van der Waals surface area contributed by atoms with Gasteiger partial charge in [-0.15, -0.1) is 0 Å². The molecular weight excluding hydrogens is 304 g/mol. The number of rotatable bonds is 3. The van der Waals surface area contributed by atoms with E-state index in [1.54, 1.807) is 6.33 Å². The predicted octanol–water partition coefficient (Wildman–Crippen LogP) is 1.93. The van der Waals surface area contributed by atoms with Crippen LogP contribution in [0.5, 0.6) is 0 Å². The Morgan fingerprint density at radius 3 is 2.83 bits per heavy atom. The standard InChI is InChI=1S/C17H18N6O/c18-15-14-16(20-9-19-15)23(10-21-14)13-8-4-7-12(13)22-17(24)11-5-2-1-3-6-11/h1-3,5-6,9-10,12-13H,4,7-8H2,(H,22,24)(H2,18,19,20)/t12-,13-/m0/s1. The Labute approximate surface area is 138 Å². The van der Waals surface area contributed by atoms with E-state index >= 15 is 0 Å². The molecule has 1 aliphatic carbocycles. The van der Waals surface area contributed by atoms with Crippen molar-refractivity contribution in [2.24, 2.45) is 0 Å². The van der Waals surface area contributed by atoms with E-state index in [-0.39, 0.29) is 18.0 Å². The Hall–Kier alpha value is -2.96. The van der Waals surface area contributed by atoms with Crippen molar-refractivity contribution < 1.29 is 4.79 Å². The Morgan fingerprint density at radius 1 is 1.17 bits per heavy atom. The summed E-state index contributed by atoms with van der Waals surface area (Å²) >= 11 is 0. The molecule has 0 saturated heterocycles. The average Bonchev–Trinajstić information content (AvgIpc) is 3.23. The zero-order valence-corrected chi connectivity index (χ0v) is 13.1. The third-order valence-corrected chi connectivity index (χ3v) is 4.58. The van der Waals surface area contributed by atoms with Crippen molar-refractivity contribution in [2.45, 2.75) is 31.3 Å². The van der Waals surface area contributed by atoms with Crippen LogP contribution in [-0.4, -0.2) is 31.5 Å². The van der Waals surface area contributed by atoms with Crippen LogP contribution in [0.25, 0.3) is 11.2 Å². The average molecular weight is 322 g/mol. The maximum Gasteiger partial charge on any atom is 0.251 e. The van der Waals surface area contributed by atoms with Crippen LogP contribution in [0, 0.1) is 0 Å². The minimum absolute atomic E-state index is 0.0475. The number of anilines is 1. The van der Waals surface area contributed by atoms with Crippen LogP contribution in [0.3, 0.4) is 0 Å². The van der Waals surface area contributed by atoms with Gasteiger partial charge in [0.05, 0.1) is 12.4 Å². The summed E-state index contributed by atoms with van der Waals surface area (Å²) in [6.45, 7) is 0. The molecule has 0 bridgehead atoms. The Balaban J connectivity index is 1.61. The van der Waals surface area contributed by atoms with Crippen molar-refractivity contribution in [1.29, 1.82) is 0 Å². The van der Waals surface area contributed by atoms with Gasteiger partial charge in [-0.1, -0.05) is 18.2 Å². The number of nitrogens with zero attached hydrogens (tertiary/aromatic N) is 4. The molecule has 1 aliphatic rings. The summed E-state index contributed by atoms with van der Waals surface area (Å²) in [5.41, 5.74) is 7.86. The number of hydrogen-bond acceptors (Lipinski definition) is 5. The van der Waals surface area contributed by atoms with E-state index < -0.39 is 0 Å². The van der Waals surface area contributed by atoms with Crippen LogP contribution in [0.1, 0.15) is 35.7 Å². The van der Waals surface area contributed by atoms with Crippen LogP contribution in [0.2, 0.25) is 0 Å². The van der Waals surface area contributed by atoms with Crippen LogP contribution in [-0.2, 0) is 0 Å². The lowest BCUT2D eigenvalue weighted by molar-refractivity contribution is 0.0929. The van der Waals surface area contributed by atoms with Gasteiger partial charge in [-0.2, -0.15) is 0 Å². The molecule has 0 radical (unpaired) electrons. The van der Waals surface area contributed by atoms with E-state index in [1.807, 2.05) is 34.9 Å². The van der Waals surface area contributed by atoms with Gasteiger partial charge in [0.1, 0.15) is 11.8 Å². The van der Waals surface area contributed by atoms with Crippen molar-refractivity contribution in [2.75, 3.05) is 5.73 Å². The first-order valence-corrected chi connectivity index (χ1v) is 8.03. The van der Waals surface area contributed by atoms with E-state index in [2.05, 4.69) is 20.3 Å². The summed E-state index contributed by atoms with van der Waals surface area (Å²) in [7, 11) is 0. The Kier molecular flexibility index (Phi) is 3.60. The van der Waals surface area contributed by atoms with Crippen LogP contribution in [0.4, 0.5) is 5.82 Å². The molecular formula is C17H18N6O. The topological polar surface area (TPSA) is 98.7 Å². The van der Waals surface area contributed by atoms with Gasteiger partial charge < -0.3 is 15.6 Å². The molecule has 1 saturated carbocycles. The van der Waals surface area contributed by atoms with Gasteiger partial charge in [0, 0.05) is 11.6 Å². The first kappa shape index (κ1) is 14.6. The SMILES string of the molecule is Nc1ncnc2c1ncn2[C@H]1CCC[C@@H]1NC(=O)c1ccccc1. The highest BCUT2D eigenvalue weighted by molar-refractivity contribution is 5.94. The van der Waals surface area contributed by atoms with Crippen LogP contribution >= 0.6 is 0 Å². The van der Waals surface area contributed by atoms with Gasteiger partial charge in [-0.05, 0) is 31.4 Å². The summed E-state index contributed by atoms with van der Waals surface area (Å²) in [5.74, 6) is 0.327. The van der Waals surface area contributed by atoms with Crippen molar-refractivity contribution in [3.63, 3.8) is 0 Å². The lowest BCUT2D eigenvalue weighted by Gasteiger charge is -2.22. The fraction of sp³-hybridized carbons (Fsp3) is 0.294. The number of fused-ring (bicyclic) bond motifs is 1. The van der Waals surface area contributed by atoms with Gasteiger partial charge in [0.2, 0.25) is 0 Å². The number of nitrogens with two attached hydrogens (primary N) is 1. The Morgan fingerprint density at radius 2 is 2.00 bits per heavy atom. The van der Waals surface area contributed by atoms with Crippen molar-refractivity contribution in [3.05, 3.63) is 48.5 Å². The van der Waals surface area contributed by atoms with Crippen LogP contribution < -0.4 is 11.1 Å². The Bertz CT molecular complexity index is 875. The predicted molar refractivity (Wildman–Crippen MR) is 90.3 cm³/mol. The minimum Gasteiger partial charge on any atom is -0.382 e. The summed E-state index contributed by atoms with van der Waals surface area (Å²) in [6.07, 6.45) is 6.14. The third kappa shape index (κ3) is 2.47. The number of amides is 1. The minimum atomic E-state index is -0.0499. The molecule has 122 valence electrons. The monoisotopic (exact) mass is 322 g/mol. The number of nitrogens with one attached hydrogen (secondary N) is 1. The van der Waals surface area contributed by atoms with Gasteiger partial charge >= 0.3 is 0 Å². The maximum absolute atomic E-state index is 12.5. The maximum atomic E-state index is 12.5. The molecule has 1 aromatic carbocycles. The molecule has 0 unspecified atom stereocenters. The smallest absolute Gasteiger partial charge is 0.251 e. The fourth-order valence-corrected chi connectivity index (χ4v) is 3.40. The number of aromatic nitrogens is 4. The highest BCUT2D eigenvalue weighted by atomic mass is 16.1. The lowest BCUT2D eigenvalue weighted by atomic mass is 10.1. The largest absolute Gasteiger partial charge is 0.382 e. The first-order chi connectivity index (χ1) is 11.7. The number of carbonyl (C=O) groups excluding carboxylic acids is 1. The number of imidazole rings is 1. The highest BCUT2D eigenvalue weighted by Crippen LogP contribution is 2.32. The van der Waals surface area contributed by atoms with Gasteiger partial charge in [-0.25, -0.2) is 15.0 Å². The second-order valence-corrected chi connectivity index (χ2v) is 6.03. The van der Waals surface area contributed by atoms with Crippen molar-refractivity contribution in [3.8, 4) is 0 Å². The van der Waals surface area contributed by atoms with Gasteiger partial charge in [0.25, 0.3) is 5.91 Å².